The van der Waals surface area contributed by atoms with E-state index in [-0.39, 0.29) is 23.5 Å². The third-order valence-corrected chi connectivity index (χ3v) is 3.16. The summed E-state index contributed by atoms with van der Waals surface area (Å²) < 4.78 is 5.08. The molecule has 0 fully saturated rings. The number of methoxy groups -OCH3 is 1. The molecule has 0 saturated heterocycles. The summed E-state index contributed by atoms with van der Waals surface area (Å²) in [6.07, 6.45) is 2.85. The van der Waals surface area contributed by atoms with E-state index >= 15 is 0 Å². The van der Waals surface area contributed by atoms with Gasteiger partial charge < -0.3 is 15.4 Å². The first-order valence-corrected chi connectivity index (χ1v) is 6.57. The molecule has 1 rings (SSSR count). The van der Waals surface area contributed by atoms with Crippen molar-refractivity contribution in [3.8, 4) is 0 Å². The monoisotopic (exact) mass is 283 g/mol. The van der Waals surface area contributed by atoms with Gasteiger partial charge in [-0.15, -0.1) is 0 Å². The molecule has 0 radical (unpaired) electrons. The summed E-state index contributed by atoms with van der Waals surface area (Å²) in [4.78, 5) is 20.3. The number of nitrogen functional groups attached to an aromatic ring is 1. The highest BCUT2D eigenvalue weighted by Gasteiger charge is 2.26. The first-order valence-electron chi connectivity index (χ1n) is 6.57. The van der Waals surface area contributed by atoms with Gasteiger partial charge in [-0.2, -0.15) is 4.98 Å². The molecule has 112 valence electrons. The SMILES string of the molecule is CCC(CC)N(CCOC)c1nc(N)ncc1[N+](=O)[O-]. The smallest absolute Gasteiger partial charge is 0.329 e. The fourth-order valence-electron chi connectivity index (χ4n) is 2.10. The van der Waals surface area contributed by atoms with Gasteiger partial charge in [-0.25, -0.2) is 4.98 Å². The molecule has 0 bridgehead atoms. The van der Waals surface area contributed by atoms with Crippen LogP contribution in [-0.4, -0.2) is 41.2 Å². The molecule has 20 heavy (non-hydrogen) atoms. The Morgan fingerprint density at radius 2 is 2.15 bits per heavy atom. The Hall–Kier alpha value is -1.96. The average molecular weight is 283 g/mol. The third-order valence-electron chi connectivity index (χ3n) is 3.16. The summed E-state index contributed by atoms with van der Waals surface area (Å²) in [6, 6.07) is 0.137. The normalized spacial score (nSPS) is 10.8. The van der Waals surface area contributed by atoms with Crippen molar-refractivity contribution in [1.82, 2.24) is 9.97 Å². The maximum absolute atomic E-state index is 11.1. The van der Waals surface area contributed by atoms with Crippen LogP contribution in [0, 0.1) is 10.1 Å². The van der Waals surface area contributed by atoms with Crippen LogP contribution in [0.5, 0.6) is 0 Å². The summed E-state index contributed by atoms with van der Waals surface area (Å²) >= 11 is 0. The second-order valence-corrected chi connectivity index (χ2v) is 4.35. The van der Waals surface area contributed by atoms with Gasteiger partial charge in [0.15, 0.2) is 0 Å². The lowest BCUT2D eigenvalue weighted by atomic mass is 10.1. The predicted octanol–water partition coefficient (Wildman–Crippen LogP) is 1.61. The highest BCUT2D eigenvalue weighted by molar-refractivity contribution is 5.59. The van der Waals surface area contributed by atoms with E-state index in [1.54, 1.807) is 7.11 Å². The molecule has 0 spiro atoms. The minimum atomic E-state index is -0.489. The molecule has 1 heterocycles. The Balaban J connectivity index is 3.23. The van der Waals surface area contributed by atoms with Crippen LogP contribution >= 0.6 is 0 Å². The van der Waals surface area contributed by atoms with Crippen LogP contribution in [0.4, 0.5) is 17.5 Å². The van der Waals surface area contributed by atoms with Gasteiger partial charge in [0.25, 0.3) is 0 Å². The van der Waals surface area contributed by atoms with Crippen LogP contribution in [0.15, 0.2) is 6.20 Å². The van der Waals surface area contributed by atoms with Gasteiger partial charge in [0.05, 0.1) is 11.5 Å². The number of rotatable bonds is 8. The molecule has 0 aliphatic heterocycles. The van der Waals surface area contributed by atoms with Crippen molar-refractivity contribution in [2.75, 3.05) is 30.9 Å². The molecule has 0 saturated carbocycles. The number of ether oxygens (including phenoxy) is 1. The molecule has 8 nitrogen and oxygen atoms in total. The predicted molar refractivity (Wildman–Crippen MR) is 76.7 cm³/mol. The van der Waals surface area contributed by atoms with E-state index in [9.17, 15) is 10.1 Å². The topological polar surface area (TPSA) is 107 Å². The van der Waals surface area contributed by atoms with Gasteiger partial charge >= 0.3 is 5.69 Å². The number of hydrogen-bond donors (Lipinski definition) is 1. The van der Waals surface area contributed by atoms with Crippen molar-refractivity contribution in [2.24, 2.45) is 0 Å². The van der Waals surface area contributed by atoms with Crippen LogP contribution in [0.1, 0.15) is 26.7 Å². The molecule has 8 heteroatoms. The molecular formula is C12H21N5O3. The van der Waals surface area contributed by atoms with Gasteiger partial charge in [0, 0.05) is 19.7 Å². The lowest BCUT2D eigenvalue weighted by Crippen LogP contribution is -2.38. The number of nitrogens with two attached hydrogens (primary N) is 1. The molecule has 0 amide bonds. The van der Waals surface area contributed by atoms with Crippen molar-refractivity contribution in [3.63, 3.8) is 0 Å². The van der Waals surface area contributed by atoms with Crippen LogP contribution in [0.3, 0.4) is 0 Å². The van der Waals surface area contributed by atoms with E-state index in [1.807, 2.05) is 18.7 Å². The second-order valence-electron chi connectivity index (χ2n) is 4.35. The largest absolute Gasteiger partial charge is 0.383 e. The summed E-state index contributed by atoms with van der Waals surface area (Å²) in [5.74, 6) is 0.284. The second kappa shape index (κ2) is 7.59. The van der Waals surface area contributed by atoms with E-state index in [4.69, 9.17) is 10.5 Å². The molecule has 0 atom stereocenters. The number of nitrogens with zero attached hydrogens (tertiary/aromatic N) is 4. The van der Waals surface area contributed by atoms with Crippen molar-refractivity contribution in [3.05, 3.63) is 16.3 Å². The van der Waals surface area contributed by atoms with Crippen LogP contribution in [0.2, 0.25) is 0 Å². The molecule has 0 aliphatic rings. The van der Waals surface area contributed by atoms with Gasteiger partial charge in [0.2, 0.25) is 11.8 Å². The lowest BCUT2D eigenvalue weighted by molar-refractivity contribution is -0.384. The van der Waals surface area contributed by atoms with E-state index in [1.165, 1.54) is 0 Å². The Morgan fingerprint density at radius 1 is 1.50 bits per heavy atom. The van der Waals surface area contributed by atoms with E-state index in [0.717, 1.165) is 19.0 Å². The zero-order valence-corrected chi connectivity index (χ0v) is 12.1. The number of nitro groups is 1. The Kier molecular flexibility index (Phi) is 6.10. The average Bonchev–Trinajstić information content (AvgIpc) is 2.43. The molecule has 0 aliphatic carbocycles. The summed E-state index contributed by atoms with van der Waals surface area (Å²) in [5.41, 5.74) is 5.44. The fraction of sp³-hybridized carbons (Fsp3) is 0.667. The maximum Gasteiger partial charge on any atom is 0.329 e. The Labute approximate surface area is 118 Å². The summed E-state index contributed by atoms with van der Waals surface area (Å²) in [7, 11) is 1.59. The number of anilines is 2. The zero-order chi connectivity index (χ0) is 15.1. The standard InChI is InChI=1S/C12H21N5O3/c1-4-9(5-2)16(6-7-20-3)11-10(17(18)19)8-14-12(13)15-11/h8-9H,4-7H2,1-3H3,(H2,13,14,15). The molecular weight excluding hydrogens is 262 g/mol. The van der Waals surface area contributed by atoms with Crippen molar-refractivity contribution in [1.29, 1.82) is 0 Å². The maximum atomic E-state index is 11.1. The van der Waals surface area contributed by atoms with Crippen molar-refractivity contribution < 1.29 is 9.66 Å². The van der Waals surface area contributed by atoms with Crippen LogP contribution in [0.25, 0.3) is 0 Å². The lowest BCUT2D eigenvalue weighted by Gasteiger charge is -2.30. The van der Waals surface area contributed by atoms with Crippen molar-refractivity contribution >= 4 is 17.5 Å². The molecule has 2 N–H and O–H groups in total. The molecule has 1 aromatic rings. The highest BCUT2D eigenvalue weighted by Crippen LogP contribution is 2.28. The van der Waals surface area contributed by atoms with Gasteiger partial charge in [-0.1, -0.05) is 13.8 Å². The molecule has 1 aromatic heterocycles. The highest BCUT2D eigenvalue weighted by atomic mass is 16.6. The third kappa shape index (κ3) is 3.77. The zero-order valence-electron chi connectivity index (χ0n) is 12.1. The first kappa shape index (κ1) is 16.1. The Bertz CT molecular complexity index is 451. The quantitative estimate of drug-likeness (QED) is 0.570. The minimum Gasteiger partial charge on any atom is -0.383 e. The minimum absolute atomic E-state index is 0.0268. The van der Waals surface area contributed by atoms with Crippen molar-refractivity contribution in [2.45, 2.75) is 32.7 Å². The first-order chi connectivity index (χ1) is 9.54. The van der Waals surface area contributed by atoms with Crippen LogP contribution < -0.4 is 10.6 Å². The van der Waals surface area contributed by atoms with E-state index in [2.05, 4.69) is 9.97 Å². The number of aromatic nitrogens is 2. The summed E-state index contributed by atoms with van der Waals surface area (Å²) in [5, 5.41) is 11.1. The summed E-state index contributed by atoms with van der Waals surface area (Å²) in [6.45, 7) is 5.03. The number of hydrogen-bond acceptors (Lipinski definition) is 7. The molecule has 0 aromatic carbocycles. The van der Waals surface area contributed by atoms with E-state index < -0.39 is 4.92 Å². The van der Waals surface area contributed by atoms with Gasteiger partial charge in [-0.3, -0.25) is 10.1 Å². The van der Waals surface area contributed by atoms with Gasteiger partial charge in [-0.05, 0) is 12.8 Å². The Morgan fingerprint density at radius 3 is 2.65 bits per heavy atom. The van der Waals surface area contributed by atoms with Gasteiger partial charge in [0.1, 0.15) is 6.20 Å². The molecule has 0 unspecified atom stereocenters. The van der Waals surface area contributed by atoms with Crippen LogP contribution in [-0.2, 0) is 4.74 Å². The fourth-order valence-corrected chi connectivity index (χ4v) is 2.10. The van der Waals surface area contributed by atoms with E-state index in [0.29, 0.717) is 13.2 Å².